The van der Waals surface area contributed by atoms with Gasteiger partial charge in [0.25, 0.3) is 0 Å². The third kappa shape index (κ3) is 4.87. The molecule has 11 heteroatoms. The lowest BCUT2D eigenvalue weighted by Gasteiger charge is -2.42. The SMILES string of the molecule is N/C(=C\NC1C(O)C(CO)OC(Sc2ccccn2)C1O)c1cc(F)c(F)c(F)c1. The molecule has 0 bridgehead atoms. The lowest BCUT2D eigenvalue weighted by Crippen LogP contribution is -2.62. The lowest BCUT2D eigenvalue weighted by atomic mass is 9.97. The molecule has 5 unspecified atom stereocenters. The van der Waals surface area contributed by atoms with Crippen LogP contribution < -0.4 is 11.1 Å². The zero-order valence-electron chi connectivity index (χ0n) is 15.5. The van der Waals surface area contributed by atoms with Crippen LogP contribution in [0.2, 0.25) is 0 Å². The van der Waals surface area contributed by atoms with Crippen LogP contribution in [0.4, 0.5) is 13.2 Å². The van der Waals surface area contributed by atoms with Crippen molar-refractivity contribution in [2.24, 2.45) is 5.73 Å². The summed E-state index contributed by atoms with van der Waals surface area (Å²) in [6, 6.07) is 5.59. The van der Waals surface area contributed by atoms with Crippen LogP contribution in [-0.4, -0.2) is 56.7 Å². The van der Waals surface area contributed by atoms with Crippen molar-refractivity contribution in [1.29, 1.82) is 0 Å². The Morgan fingerprint density at radius 1 is 1.20 bits per heavy atom. The standard InChI is InChI=1S/C19H20F3N3O4S/c20-10-5-9(6-11(21)15(10)22)12(23)7-25-16-17(27)13(8-26)29-19(18(16)28)30-14-3-1-2-4-24-14/h1-7,13,16-19,25-28H,8,23H2/b12-7-. The van der Waals surface area contributed by atoms with Crippen molar-refractivity contribution in [2.75, 3.05) is 6.61 Å². The van der Waals surface area contributed by atoms with Gasteiger partial charge in [0.1, 0.15) is 23.7 Å². The van der Waals surface area contributed by atoms with E-state index < -0.39 is 53.8 Å². The Kier molecular flexibility index (Phi) is 7.21. The van der Waals surface area contributed by atoms with Gasteiger partial charge >= 0.3 is 0 Å². The molecule has 2 aromatic rings. The van der Waals surface area contributed by atoms with E-state index in [1.54, 1.807) is 24.4 Å². The number of aliphatic hydroxyl groups excluding tert-OH is 3. The Bertz CT molecular complexity index is 883. The van der Waals surface area contributed by atoms with Crippen molar-refractivity contribution in [2.45, 2.75) is 34.8 Å². The minimum absolute atomic E-state index is 0.131. The number of rotatable bonds is 6. The first-order valence-corrected chi connectivity index (χ1v) is 9.76. The van der Waals surface area contributed by atoms with Crippen LogP contribution in [0.3, 0.4) is 0 Å². The molecule has 1 aromatic heterocycles. The second kappa shape index (κ2) is 9.67. The average Bonchev–Trinajstić information content (AvgIpc) is 2.74. The summed E-state index contributed by atoms with van der Waals surface area (Å²) in [5.74, 6) is -4.42. The summed E-state index contributed by atoms with van der Waals surface area (Å²) >= 11 is 1.10. The fraction of sp³-hybridized carbons (Fsp3) is 0.316. The number of nitrogens with two attached hydrogens (primary N) is 1. The monoisotopic (exact) mass is 443 g/mol. The molecular formula is C19H20F3N3O4S. The Balaban J connectivity index is 1.79. The summed E-state index contributed by atoms with van der Waals surface area (Å²) in [5.41, 5.74) is 4.63. The van der Waals surface area contributed by atoms with Crippen molar-refractivity contribution in [3.05, 3.63) is 65.7 Å². The van der Waals surface area contributed by atoms with Crippen LogP contribution in [0, 0.1) is 17.5 Å². The zero-order valence-corrected chi connectivity index (χ0v) is 16.3. The van der Waals surface area contributed by atoms with E-state index in [1.165, 1.54) is 0 Å². The van der Waals surface area contributed by atoms with Gasteiger partial charge in [-0.25, -0.2) is 18.2 Å². The van der Waals surface area contributed by atoms with Gasteiger partial charge in [-0.15, -0.1) is 0 Å². The van der Waals surface area contributed by atoms with Crippen LogP contribution in [-0.2, 0) is 4.74 Å². The molecule has 0 spiro atoms. The summed E-state index contributed by atoms with van der Waals surface area (Å²) in [7, 11) is 0. The molecule has 5 atom stereocenters. The number of pyridine rings is 1. The zero-order chi connectivity index (χ0) is 21.8. The number of halogens is 3. The van der Waals surface area contributed by atoms with Gasteiger partial charge < -0.3 is 31.1 Å². The molecule has 0 aliphatic carbocycles. The number of hydrogen-bond donors (Lipinski definition) is 5. The molecule has 0 saturated carbocycles. The third-order valence-electron chi connectivity index (χ3n) is 4.51. The molecule has 1 saturated heterocycles. The molecule has 1 aromatic carbocycles. The van der Waals surface area contributed by atoms with E-state index in [1.807, 2.05) is 0 Å². The number of aliphatic hydroxyl groups is 3. The molecule has 1 aliphatic heterocycles. The van der Waals surface area contributed by atoms with Crippen molar-refractivity contribution in [3.8, 4) is 0 Å². The van der Waals surface area contributed by atoms with Gasteiger partial charge in [0.05, 0.1) is 23.4 Å². The summed E-state index contributed by atoms with van der Waals surface area (Å²) in [5, 5.41) is 33.9. The predicted molar refractivity (Wildman–Crippen MR) is 103 cm³/mol. The number of hydrogen-bond acceptors (Lipinski definition) is 8. The van der Waals surface area contributed by atoms with Crippen LogP contribution in [0.1, 0.15) is 5.56 Å². The van der Waals surface area contributed by atoms with Crippen molar-refractivity contribution in [1.82, 2.24) is 10.3 Å². The number of ether oxygens (including phenoxy) is 1. The number of thioether (sulfide) groups is 1. The average molecular weight is 443 g/mol. The highest BCUT2D eigenvalue weighted by atomic mass is 32.2. The third-order valence-corrected chi connectivity index (χ3v) is 5.61. The minimum Gasteiger partial charge on any atom is -0.397 e. The quantitative estimate of drug-likeness (QED) is 0.419. The number of nitrogens with zero attached hydrogens (tertiary/aromatic N) is 1. The summed E-state index contributed by atoms with van der Waals surface area (Å²) < 4.78 is 45.5. The number of aromatic nitrogens is 1. The molecule has 0 radical (unpaired) electrons. The molecule has 7 nitrogen and oxygen atoms in total. The number of benzene rings is 1. The fourth-order valence-electron chi connectivity index (χ4n) is 2.91. The van der Waals surface area contributed by atoms with E-state index in [0.717, 1.165) is 30.1 Å². The van der Waals surface area contributed by atoms with Crippen LogP contribution in [0.25, 0.3) is 5.70 Å². The first-order chi connectivity index (χ1) is 14.3. The van der Waals surface area contributed by atoms with Gasteiger partial charge in [0.15, 0.2) is 17.5 Å². The Morgan fingerprint density at radius 2 is 1.90 bits per heavy atom. The second-order valence-electron chi connectivity index (χ2n) is 6.54. The highest BCUT2D eigenvalue weighted by Crippen LogP contribution is 2.32. The highest BCUT2D eigenvalue weighted by Gasteiger charge is 2.44. The molecule has 30 heavy (non-hydrogen) atoms. The largest absolute Gasteiger partial charge is 0.397 e. The Hall–Kier alpha value is -2.31. The minimum atomic E-state index is -1.62. The molecule has 0 amide bonds. The van der Waals surface area contributed by atoms with E-state index in [2.05, 4.69) is 10.3 Å². The van der Waals surface area contributed by atoms with Crippen LogP contribution in [0.5, 0.6) is 0 Å². The molecule has 1 aliphatic rings. The normalized spacial score (nSPS) is 27.1. The summed E-state index contributed by atoms with van der Waals surface area (Å²) in [4.78, 5) is 4.13. The van der Waals surface area contributed by atoms with Gasteiger partial charge in [-0.05, 0) is 24.3 Å². The molecular weight excluding hydrogens is 423 g/mol. The molecule has 2 heterocycles. The summed E-state index contributed by atoms with van der Waals surface area (Å²) in [6.07, 6.45) is -0.902. The van der Waals surface area contributed by atoms with Gasteiger partial charge in [0.2, 0.25) is 0 Å². The number of nitrogens with one attached hydrogen (secondary N) is 1. The Labute approximate surface area is 174 Å². The van der Waals surface area contributed by atoms with E-state index in [-0.39, 0.29) is 11.3 Å². The topological polar surface area (TPSA) is 121 Å². The molecule has 3 rings (SSSR count). The maximum Gasteiger partial charge on any atom is 0.194 e. The van der Waals surface area contributed by atoms with Gasteiger partial charge in [-0.3, -0.25) is 0 Å². The van der Waals surface area contributed by atoms with E-state index in [4.69, 9.17) is 10.5 Å². The molecule has 162 valence electrons. The van der Waals surface area contributed by atoms with E-state index in [0.29, 0.717) is 5.03 Å². The van der Waals surface area contributed by atoms with E-state index >= 15 is 0 Å². The predicted octanol–water partition coefficient (Wildman–Crippen LogP) is 0.946. The smallest absolute Gasteiger partial charge is 0.194 e. The highest BCUT2D eigenvalue weighted by molar-refractivity contribution is 7.99. The maximum atomic E-state index is 13.4. The maximum absolute atomic E-state index is 13.4. The molecule has 1 fully saturated rings. The van der Waals surface area contributed by atoms with Gasteiger partial charge in [-0.1, -0.05) is 17.8 Å². The Morgan fingerprint density at radius 3 is 2.50 bits per heavy atom. The summed E-state index contributed by atoms with van der Waals surface area (Å²) in [6.45, 7) is -0.515. The van der Waals surface area contributed by atoms with Gasteiger partial charge in [0, 0.05) is 18.0 Å². The van der Waals surface area contributed by atoms with Crippen LogP contribution in [0.15, 0.2) is 47.8 Å². The van der Waals surface area contributed by atoms with Crippen molar-refractivity contribution < 1.29 is 33.2 Å². The van der Waals surface area contributed by atoms with Crippen molar-refractivity contribution in [3.63, 3.8) is 0 Å². The fourth-order valence-corrected chi connectivity index (χ4v) is 3.93. The van der Waals surface area contributed by atoms with Crippen LogP contribution >= 0.6 is 11.8 Å². The first kappa shape index (κ1) is 22.4. The molecule has 6 N–H and O–H groups in total. The van der Waals surface area contributed by atoms with Gasteiger partial charge in [-0.2, -0.15) is 0 Å². The lowest BCUT2D eigenvalue weighted by molar-refractivity contribution is -0.164. The van der Waals surface area contributed by atoms with Crippen molar-refractivity contribution >= 4 is 17.5 Å². The first-order valence-electron chi connectivity index (χ1n) is 8.88. The second-order valence-corrected chi connectivity index (χ2v) is 7.66. The van der Waals surface area contributed by atoms with E-state index in [9.17, 15) is 28.5 Å².